The third-order valence-electron chi connectivity index (χ3n) is 7.33. The molecule has 0 bridgehead atoms. The van der Waals surface area contributed by atoms with Crippen LogP contribution in [-0.4, -0.2) is 27.4 Å². The van der Waals surface area contributed by atoms with Crippen molar-refractivity contribution in [3.8, 4) is 17.2 Å². The first-order valence-electron chi connectivity index (χ1n) is 11.9. The molecule has 3 atom stereocenters. The highest BCUT2D eigenvalue weighted by atomic mass is 19.4. The number of phenolic OH excluding ortho intramolecular Hbond substituents is 1. The second-order valence-electron chi connectivity index (χ2n) is 9.76. The van der Waals surface area contributed by atoms with Crippen LogP contribution in [0.4, 0.5) is 19.0 Å². The number of aromatic hydroxyl groups is 1. The molecule has 0 unspecified atom stereocenters. The van der Waals surface area contributed by atoms with E-state index in [2.05, 4.69) is 15.6 Å². The smallest absolute Gasteiger partial charge is 0.416 e. The predicted octanol–water partition coefficient (Wildman–Crippen LogP) is 4.70. The van der Waals surface area contributed by atoms with Crippen LogP contribution < -0.4 is 15.4 Å². The SMILES string of the molecule is O=C1CCc2c(Oc3ccc(O)c([C@@H]4[C@@H]5C[C@@]45NC(=O)Cc4cccc(C(F)(F)F)c4)c3)ccnc2N1. The maximum Gasteiger partial charge on any atom is 0.416 e. The Hall–Kier alpha value is -4.08. The lowest BCUT2D eigenvalue weighted by molar-refractivity contribution is -0.137. The van der Waals surface area contributed by atoms with Crippen LogP contribution in [0.2, 0.25) is 0 Å². The van der Waals surface area contributed by atoms with Gasteiger partial charge in [0.25, 0.3) is 0 Å². The number of carbonyl (C=O) groups is 2. The van der Waals surface area contributed by atoms with E-state index in [1.807, 2.05) is 0 Å². The lowest BCUT2D eigenvalue weighted by Gasteiger charge is -2.20. The molecule has 190 valence electrons. The number of nitrogens with one attached hydrogen (secondary N) is 2. The Morgan fingerprint density at radius 2 is 2.03 bits per heavy atom. The highest BCUT2D eigenvalue weighted by molar-refractivity contribution is 5.93. The summed E-state index contributed by atoms with van der Waals surface area (Å²) < 4.78 is 45.0. The van der Waals surface area contributed by atoms with Crippen molar-refractivity contribution >= 4 is 17.6 Å². The standard InChI is InChI=1S/C27H22F3N3O4/c28-27(29,30)15-3-1-2-14(10-15)11-23(36)33-26-13-19(26)24(26)18-12-16(4-6-20(18)34)37-21-8-9-31-25-17(21)5-7-22(35)32-25/h1-4,6,8-10,12,19,24,34H,5,7,11,13H2,(H,33,36)(H,31,32,35)/t19-,24+,26-/m0/s1. The Morgan fingerprint density at radius 1 is 1.19 bits per heavy atom. The number of nitrogens with zero attached hydrogens (tertiary/aromatic N) is 1. The summed E-state index contributed by atoms with van der Waals surface area (Å²) >= 11 is 0. The number of benzene rings is 2. The van der Waals surface area contributed by atoms with E-state index in [4.69, 9.17) is 4.74 Å². The maximum atomic E-state index is 13.0. The van der Waals surface area contributed by atoms with Gasteiger partial charge >= 0.3 is 6.18 Å². The van der Waals surface area contributed by atoms with E-state index in [0.717, 1.165) is 24.1 Å². The number of halogens is 3. The van der Waals surface area contributed by atoms with Crippen molar-refractivity contribution in [2.75, 3.05) is 5.32 Å². The Labute approximate surface area is 209 Å². The first-order chi connectivity index (χ1) is 17.6. The number of phenols is 1. The van der Waals surface area contributed by atoms with Crippen molar-refractivity contribution in [1.82, 2.24) is 10.3 Å². The number of carbonyl (C=O) groups excluding carboxylic acids is 2. The fourth-order valence-electron chi connectivity index (χ4n) is 5.30. The lowest BCUT2D eigenvalue weighted by Crippen LogP contribution is -2.34. The summed E-state index contributed by atoms with van der Waals surface area (Å²) in [4.78, 5) is 28.5. The minimum Gasteiger partial charge on any atom is -0.508 e. The number of ether oxygens (including phenoxy) is 1. The van der Waals surface area contributed by atoms with E-state index in [1.54, 1.807) is 24.4 Å². The molecule has 3 N–H and O–H groups in total. The first kappa shape index (κ1) is 23.3. The summed E-state index contributed by atoms with van der Waals surface area (Å²) in [6.07, 6.45) is -1.50. The number of rotatable bonds is 6. The zero-order chi connectivity index (χ0) is 25.9. The van der Waals surface area contributed by atoms with Gasteiger partial charge in [0.2, 0.25) is 11.8 Å². The molecule has 10 heteroatoms. The third kappa shape index (κ3) is 4.26. The number of amides is 2. The summed E-state index contributed by atoms with van der Waals surface area (Å²) in [6.45, 7) is 0. The number of alkyl halides is 3. The molecule has 3 aromatic rings. The van der Waals surface area contributed by atoms with Crippen molar-refractivity contribution in [1.29, 1.82) is 0 Å². The van der Waals surface area contributed by atoms with E-state index >= 15 is 0 Å². The zero-order valence-corrected chi connectivity index (χ0v) is 19.4. The topological polar surface area (TPSA) is 101 Å². The van der Waals surface area contributed by atoms with Gasteiger partial charge in [0.05, 0.1) is 17.5 Å². The van der Waals surface area contributed by atoms with Gasteiger partial charge in [-0.05, 0) is 54.7 Å². The van der Waals surface area contributed by atoms with Gasteiger partial charge in [-0.15, -0.1) is 0 Å². The van der Waals surface area contributed by atoms with E-state index in [0.29, 0.717) is 35.7 Å². The minimum atomic E-state index is -4.47. The van der Waals surface area contributed by atoms with Crippen LogP contribution in [-0.2, 0) is 28.6 Å². The average Bonchev–Trinajstić information content (AvgIpc) is 3.70. The van der Waals surface area contributed by atoms with Gasteiger partial charge in [-0.2, -0.15) is 13.2 Å². The average molecular weight is 509 g/mol. The van der Waals surface area contributed by atoms with Gasteiger partial charge in [-0.25, -0.2) is 4.98 Å². The quantitative estimate of drug-likeness (QED) is 0.448. The van der Waals surface area contributed by atoms with Crippen molar-refractivity contribution < 1.29 is 32.6 Å². The Balaban J connectivity index is 1.15. The molecule has 0 radical (unpaired) electrons. The fourth-order valence-corrected chi connectivity index (χ4v) is 5.30. The number of fused-ring (bicyclic) bond motifs is 2. The summed E-state index contributed by atoms with van der Waals surface area (Å²) in [6, 6.07) is 11.4. The predicted molar refractivity (Wildman–Crippen MR) is 126 cm³/mol. The van der Waals surface area contributed by atoms with Crippen LogP contribution in [0.15, 0.2) is 54.7 Å². The largest absolute Gasteiger partial charge is 0.508 e. The third-order valence-corrected chi connectivity index (χ3v) is 7.33. The first-order valence-corrected chi connectivity index (χ1v) is 11.9. The minimum absolute atomic E-state index is 0.0834. The van der Waals surface area contributed by atoms with Crippen LogP contribution in [0.5, 0.6) is 17.2 Å². The fraction of sp³-hybridized carbons (Fsp3) is 0.296. The monoisotopic (exact) mass is 509 g/mol. The van der Waals surface area contributed by atoms with Crippen LogP contribution in [0, 0.1) is 5.92 Å². The molecule has 2 saturated carbocycles. The number of hydrogen-bond acceptors (Lipinski definition) is 5. The Bertz CT molecular complexity index is 1440. The molecule has 3 aliphatic rings. The molecule has 0 spiro atoms. The van der Waals surface area contributed by atoms with Gasteiger partial charge in [-0.3, -0.25) is 9.59 Å². The Kier molecular flexibility index (Phi) is 5.18. The van der Waals surface area contributed by atoms with Gasteiger partial charge in [0.1, 0.15) is 23.1 Å². The number of hydrogen-bond donors (Lipinski definition) is 3. The molecule has 2 amide bonds. The van der Waals surface area contributed by atoms with Gasteiger partial charge < -0.3 is 20.5 Å². The number of aromatic nitrogens is 1. The molecular weight excluding hydrogens is 487 g/mol. The molecule has 37 heavy (non-hydrogen) atoms. The van der Waals surface area contributed by atoms with Crippen molar-refractivity contribution in [3.05, 3.63) is 77.0 Å². The molecule has 2 aliphatic carbocycles. The molecule has 1 aromatic heterocycles. The summed E-state index contributed by atoms with van der Waals surface area (Å²) in [7, 11) is 0. The number of pyridine rings is 1. The van der Waals surface area contributed by atoms with Crippen LogP contribution in [0.25, 0.3) is 0 Å². The molecule has 1 aliphatic heterocycles. The zero-order valence-electron chi connectivity index (χ0n) is 19.4. The van der Waals surface area contributed by atoms with Crippen LogP contribution in [0.1, 0.15) is 41.0 Å². The lowest BCUT2D eigenvalue weighted by atomic mass is 9.99. The molecule has 0 saturated heterocycles. The highest BCUT2D eigenvalue weighted by Crippen LogP contribution is 2.77. The molecule has 2 heterocycles. The summed E-state index contributed by atoms with van der Waals surface area (Å²) in [5.74, 6) is 1.20. The summed E-state index contributed by atoms with van der Waals surface area (Å²) in [5, 5.41) is 16.2. The van der Waals surface area contributed by atoms with Crippen LogP contribution >= 0.6 is 0 Å². The Morgan fingerprint density at radius 3 is 2.81 bits per heavy atom. The van der Waals surface area contributed by atoms with E-state index in [1.165, 1.54) is 18.2 Å². The van der Waals surface area contributed by atoms with Crippen LogP contribution in [0.3, 0.4) is 0 Å². The van der Waals surface area contributed by atoms with Gasteiger partial charge in [0.15, 0.2) is 0 Å². The van der Waals surface area contributed by atoms with Crippen molar-refractivity contribution in [3.63, 3.8) is 0 Å². The normalized spacial score (nSPS) is 23.4. The second-order valence-corrected chi connectivity index (χ2v) is 9.76. The van der Waals surface area contributed by atoms with E-state index in [-0.39, 0.29) is 41.4 Å². The number of anilines is 1. The highest BCUT2D eigenvalue weighted by Gasteiger charge is 2.80. The molecular formula is C27H22F3N3O4. The van der Waals surface area contributed by atoms with Gasteiger partial charge in [0, 0.05) is 29.7 Å². The van der Waals surface area contributed by atoms with E-state index < -0.39 is 17.3 Å². The molecule has 7 nitrogen and oxygen atoms in total. The molecule has 6 rings (SSSR count). The second kappa shape index (κ2) is 8.22. The van der Waals surface area contributed by atoms with Crippen molar-refractivity contribution in [2.24, 2.45) is 5.92 Å². The van der Waals surface area contributed by atoms with E-state index in [9.17, 15) is 27.9 Å². The molecule has 2 fully saturated rings. The molecule has 2 aromatic carbocycles. The maximum absolute atomic E-state index is 13.0. The summed E-state index contributed by atoms with van der Waals surface area (Å²) in [5.41, 5.74) is 0.445. The van der Waals surface area contributed by atoms with Crippen molar-refractivity contribution in [2.45, 2.75) is 43.3 Å². The van der Waals surface area contributed by atoms with Gasteiger partial charge in [-0.1, -0.05) is 18.2 Å².